The van der Waals surface area contributed by atoms with Crippen LogP contribution in [-0.4, -0.2) is 74.4 Å². The van der Waals surface area contributed by atoms with Crippen LogP contribution in [0.3, 0.4) is 0 Å². The van der Waals surface area contributed by atoms with E-state index in [1.165, 1.54) is 0 Å². The van der Waals surface area contributed by atoms with Gasteiger partial charge in [0, 0.05) is 43.6 Å². The van der Waals surface area contributed by atoms with Crippen LogP contribution in [0, 0.1) is 47.3 Å². The van der Waals surface area contributed by atoms with Crippen molar-refractivity contribution in [3.8, 4) is 0 Å². The molecule has 11 heteroatoms. The molecule has 45 heavy (non-hydrogen) atoms. The van der Waals surface area contributed by atoms with Crippen LogP contribution in [0.5, 0.6) is 0 Å². The minimum atomic E-state index is -0.829. The molecular formula is C34H54O11. The summed E-state index contributed by atoms with van der Waals surface area (Å²) in [5, 5.41) is 0. The molecular weight excluding hydrogens is 584 g/mol. The number of hydrogen-bond acceptors (Lipinski definition) is 11. The second-order valence-corrected chi connectivity index (χ2v) is 16.1. The minimum absolute atomic E-state index is 0.0592. The summed E-state index contributed by atoms with van der Waals surface area (Å²) >= 11 is 0. The molecule has 11 nitrogen and oxygen atoms in total. The third-order valence-electron chi connectivity index (χ3n) is 13.3. The highest BCUT2D eigenvalue weighted by atomic mass is 17.3. The third-order valence-corrected chi connectivity index (χ3v) is 13.3. The van der Waals surface area contributed by atoms with Gasteiger partial charge in [0.2, 0.25) is 11.6 Å². The molecule has 2 aliphatic carbocycles. The Morgan fingerprint density at radius 2 is 1.13 bits per heavy atom. The van der Waals surface area contributed by atoms with Crippen molar-refractivity contribution in [1.29, 1.82) is 0 Å². The van der Waals surface area contributed by atoms with E-state index < -0.39 is 47.9 Å². The summed E-state index contributed by atoms with van der Waals surface area (Å²) in [6, 6.07) is 0. The molecule has 2 saturated carbocycles. The molecule has 17 atom stereocenters. The molecule has 0 amide bonds. The van der Waals surface area contributed by atoms with E-state index in [4.69, 9.17) is 52.7 Å². The Balaban J connectivity index is 0.984. The summed E-state index contributed by atoms with van der Waals surface area (Å²) in [7, 11) is 1.68. The van der Waals surface area contributed by atoms with Gasteiger partial charge < -0.3 is 33.2 Å². The highest BCUT2D eigenvalue weighted by Gasteiger charge is 2.71. The van der Waals surface area contributed by atoms with Gasteiger partial charge in [-0.1, -0.05) is 27.7 Å². The lowest BCUT2D eigenvalue weighted by Crippen LogP contribution is -2.71. The van der Waals surface area contributed by atoms with Gasteiger partial charge in [0.05, 0.1) is 13.2 Å². The molecule has 10 aliphatic rings. The van der Waals surface area contributed by atoms with Crippen molar-refractivity contribution in [2.75, 3.05) is 20.3 Å². The van der Waals surface area contributed by atoms with Gasteiger partial charge in [-0.15, -0.1) is 0 Å². The molecule has 4 bridgehead atoms. The predicted octanol–water partition coefficient (Wildman–Crippen LogP) is 5.45. The van der Waals surface area contributed by atoms with Crippen molar-refractivity contribution in [3.05, 3.63) is 0 Å². The molecule has 8 aliphatic heterocycles. The zero-order valence-corrected chi connectivity index (χ0v) is 28.1. The minimum Gasteiger partial charge on any atom is -0.382 e. The van der Waals surface area contributed by atoms with Crippen LogP contribution in [0.2, 0.25) is 0 Å². The van der Waals surface area contributed by atoms with Gasteiger partial charge in [0.15, 0.2) is 36.4 Å². The highest BCUT2D eigenvalue weighted by molar-refractivity contribution is 5.10. The van der Waals surface area contributed by atoms with Crippen LogP contribution in [0.25, 0.3) is 0 Å². The molecule has 0 N–H and O–H groups in total. The molecule has 1 unspecified atom stereocenters. The fraction of sp³-hybridized carbons (Fsp3) is 1.00. The van der Waals surface area contributed by atoms with Crippen LogP contribution in [-0.2, 0) is 52.7 Å². The molecule has 10 rings (SSSR count). The second-order valence-electron chi connectivity index (χ2n) is 16.1. The Morgan fingerprint density at radius 3 is 1.67 bits per heavy atom. The third kappa shape index (κ3) is 4.77. The fourth-order valence-corrected chi connectivity index (χ4v) is 10.8. The van der Waals surface area contributed by atoms with E-state index in [1.54, 1.807) is 7.11 Å². The van der Waals surface area contributed by atoms with E-state index in [0.717, 1.165) is 51.4 Å². The predicted molar refractivity (Wildman–Crippen MR) is 156 cm³/mol. The van der Waals surface area contributed by atoms with E-state index in [-0.39, 0.29) is 36.4 Å². The van der Waals surface area contributed by atoms with E-state index in [2.05, 4.69) is 27.7 Å². The zero-order chi connectivity index (χ0) is 31.4. The SMILES string of the molecule is COCC(CO[C@H]1O[C@@H]2O[C@@]3(C)CC[C@H]4[C@H](C)CC[C@@H]([C@H]1C)[C@@]24OO3)O[C@H]1O[C@@H]2O[C@@]3(C)CC[C@H]4[C@H](C)CC[C@@H]([C@H]1C)[C@@]24OO3. The quantitative estimate of drug-likeness (QED) is 0.333. The summed E-state index contributed by atoms with van der Waals surface area (Å²) in [6.45, 7) is 13.6. The summed E-state index contributed by atoms with van der Waals surface area (Å²) < 4.78 is 45.3. The van der Waals surface area contributed by atoms with Crippen molar-refractivity contribution in [2.24, 2.45) is 47.3 Å². The van der Waals surface area contributed by atoms with Crippen molar-refractivity contribution in [2.45, 2.75) is 147 Å². The maximum absolute atomic E-state index is 6.72. The van der Waals surface area contributed by atoms with Crippen molar-refractivity contribution >= 4 is 0 Å². The zero-order valence-electron chi connectivity index (χ0n) is 28.1. The van der Waals surface area contributed by atoms with Crippen LogP contribution in [0.4, 0.5) is 0 Å². The first-order valence-corrected chi connectivity index (χ1v) is 17.7. The van der Waals surface area contributed by atoms with Crippen LogP contribution in [0.15, 0.2) is 0 Å². The Hall–Kier alpha value is -0.440. The van der Waals surface area contributed by atoms with Crippen LogP contribution < -0.4 is 0 Å². The molecule has 0 aromatic carbocycles. The first-order chi connectivity index (χ1) is 21.5. The maximum atomic E-state index is 6.72. The van der Waals surface area contributed by atoms with Gasteiger partial charge in [-0.3, -0.25) is 0 Å². The number of rotatable bonds is 7. The first kappa shape index (κ1) is 31.8. The van der Waals surface area contributed by atoms with Crippen LogP contribution in [0.1, 0.15) is 92.9 Å². The molecule has 2 spiro atoms. The highest BCUT2D eigenvalue weighted by Crippen LogP contribution is 2.62. The first-order valence-electron chi connectivity index (χ1n) is 17.7. The summed E-state index contributed by atoms with van der Waals surface area (Å²) in [5.74, 6) is 0.492. The van der Waals surface area contributed by atoms with Crippen molar-refractivity contribution < 1.29 is 52.7 Å². The molecule has 8 saturated heterocycles. The molecule has 8 heterocycles. The maximum Gasteiger partial charge on any atom is 0.201 e. The number of ether oxygens (including phenoxy) is 7. The lowest BCUT2D eigenvalue weighted by atomic mass is 9.58. The summed E-state index contributed by atoms with van der Waals surface area (Å²) in [5.41, 5.74) is -1.25. The average molecular weight is 639 g/mol. The van der Waals surface area contributed by atoms with Gasteiger partial charge in [-0.25, -0.2) is 19.6 Å². The van der Waals surface area contributed by atoms with Gasteiger partial charge in [0.1, 0.15) is 6.10 Å². The van der Waals surface area contributed by atoms with Gasteiger partial charge in [-0.05, 0) is 76.0 Å². The number of hydrogen-bond donors (Lipinski definition) is 0. The smallest absolute Gasteiger partial charge is 0.201 e. The Morgan fingerprint density at radius 1 is 0.622 bits per heavy atom. The van der Waals surface area contributed by atoms with Gasteiger partial charge in [-0.2, -0.15) is 0 Å². The monoisotopic (exact) mass is 638 g/mol. The lowest BCUT2D eigenvalue weighted by molar-refractivity contribution is -0.579. The van der Waals surface area contributed by atoms with E-state index in [9.17, 15) is 0 Å². The normalized spacial score (nSPS) is 57.4. The Kier molecular flexibility index (Phi) is 7.99. The van der Waals surface area contributed by atoms with Crippen molar-refractivity contribution in [3.63, 3.8) is 0 Å². The average Bonchev–Trinajstić information content (AvgIpc) is 3.38. The Bertz CT molecular complexity index is 1110. The second kappa shape index (κ2) is 11.3. The van der Waals surface area contributed by atoms with Gasteiger partial charge >= 0.3 is 0 Å². The molecule has 0 aromatic heterocycles. The standard InChI is InChI=1S/C34H54O11/c1-18-8-10-25-20(3)27(38-29-33(25)23(18)12-14-31(5,40-29)42-44-33)36-17-22(16-35-7)37-28-21(4)26-11-9-19(2)24-13-15-32(6)41-30(39-28)34(24,26)45-43-32/h18-30H,8-17H2,1-7H3/t18-,19-,20-,21-,22?,23+,24+,25+,26+,27+,28+,29-,30-,31-,32-,33-,34-/m1/s1. The number of methoxy groups -OCH3 is 1. The Labute approximate surface area is 267 Å². The summed E-state index contributed by atoms with van der Waals surface area (Å²) in [4.78, 5) is 24.6. The van der Waals surface area contributed by atoms with E-state index >= 15 is 0 Å². The largest absolute Gasteiger partial charge is 0.382 e. The lowest BCUT2D eigenvalue weighted by Gasteiger charge is -2.60. The molecule has 0 radical (unpaired) electrons. The summed E-state index contributed by atoms with van der Waals surface area (Å²) in [6.07, 6.45) is 5.39. The van der Waals surface area contributed by atoms with Crippen molar-refractivity contribution in [1.82, 2.24) is 0 Å². The molecule has 10 fully saturated rings. The van der Waals surface area contributed by atoms with Crippen LogP contribution >= 0.6 is 0 Å². The fourth-order valence-electron chi connectivity index (χ4n) is 10.8. The molecule has 0 aromatic rings. The van der Waals surface area contributed by atoms with E-state index in [0.29, 0.717) is 30.3 Å². The number of fused-ring (bicyclic) bond motifs is 4. The van der Waals surface area contributed by atoms with Gasteiger partial charge in [0.25, 0.3) is 0 Å². The van der Waals surface area contributed by atoms with E-state index in [1.807, 2.05) is 13.8 Å². The topological polar surface area (TPSA) is 102 Å². The molecule has 256 valence electrons.